The lowest BCUT2D eigenvalue weighted by molar-refractivity contribution is -0.157. The van der Waals surface area contributed by atoms with Crippen molar-refractivity contribution < 1.29 is 23.8 Å². The van der Waals surface area contributed by atoms with Gasteiger partial charge in [-0.2, -0.15) is 0 Å². The van der Waals surface area contributed by atoms with Gasteiger partial charge in [-0.1, -0.05) is 12.1 Å². The van der Waals surface area contributed by atoms with Gasteiger partial charge in [-0.3, -0.25) is 4.79 Å². The monoisotopic (exact) mass is 328 g/mol. The zero-order valence-corrected chi connectivity index (χ0v) is 14.0. The standard InChI is InChI=1S/C19H20O5/c1-19(2,3)24-18(21)11-22-13-6-4-12-5-8-16-14(15(12)10-13)7-9-17(20)23-16/h4-6,8,10H,7,9,11H2,1-3H3. The zero-order chi connectivity index (χ0) is 17.3. The fourth-order valence-corrected chi connectivity index (χ4v) is 2.70. The Bertz CT molecular complexity index is 801. The maximum atomic E-state index is 11.8. The average molecular weight is 328 g/mol. The molecule has 5 nitrogen and oxygen atoms in total. The number of rotatable bonds is 3. The highest BCUT2D eigenvalue weighted by Gasteiger charge is 2.20. The summed E-state index contributed by atoms with van der Waals surface area (Å²) in [7, 11) is 0. The first-order valence-corrected chi connectivity index (χ1v) is 7.93. The molecule has 5 heteroatoms. The van der Waals surface area contributed by atoms with Gasteiger partial charge in [0.05, 0.1) is 6.42 Å². The number of ether oxygens (including phenoxy) is 3. The van der Waals surface area contributed by atoms with E-state index in [1.165, 1.54) is 0 Å². The molecule has 0 bridgehead atoms. The zero-order valence-electron chi connectivity index (χ0n) is 14.0. The van der Waals surface area contributed by atoms with Crippen molar-refractivity contribution in [3.63, 3.8) is 0 Å². The number of carbonyl (C=O) groups is 2. The molecule has 0 unspecified atom stereocenters. The van der Waals surface area contributed by atoms with Crippen molar-refractivity contribution in [1.29, 1.82) is 0 Å². The first kappa shape index (κ1) is 16.3. The van der Waals surface area contributed by atoms with Crippen LogP contribution >= 0.6 is 0 Å². The lowest BCUT2D eigenvalue weighted by Crippen LogP contribution is -2.27. The summed E-state index contributed by atoms with van der Waals surface area (Å²) in [6.45, 7) is 5.30. The molecule has 1 heterocycles. The number of esters is 2. The van der Waals surface area contributed by atoms with Gasteiger partial charge in [0.25, 0.3) is 0 Å². The van der Waals surface area contributed by atoms with E-state index >= 15 is 0 Å². The second-order valence-electron chi connectivity index (χ2n) is 6.77. The Kier molecular flexibility index (Phi) is 4.18. The Morgan fingerprint density at radius 1 is 1.17 bits per heavy atom. The average Bonchev–Trinajstić information content (AvgIpc) is 2.50. The topological polar surface area (TPSA) is 61.8 Å². The molecule has 24 heavy (non-hydrogen) atoms. The van der Waals surface area contributed by atoms with Crippen molar-refractivity contribution in [2.45, 2.75) is 39.2 Å². The molecule has 0 aliphatic carbocycles. The molecule has 0 radical (unpaired) electrons. The quantitative estimate of drug-likeness (QED) is 0.638. The molecular weight excluding hydrogens is 308 g/mol. The molecule has 0 amide bonds. The molecule has 0 saturated carbocycles. The van der Waals surface area contributed by atoms with Crippen LogP contribution in [-0.2, 0) is 20.7 Å². The van der Waals surface area contributed by atoms with E-state index in [0.29, 0.717) is 24.3 Å². The molecule has 126 valence electrons. The fraction of sp³-hybridized carbons (Fsp3) is 0.368. The number of hydrogen-bond donors (Lipinski definition) is 0. The van der Waals surface area contributed by atoms with Crippen molar-refractivity contribution in [3.8, 4) is 11.5 Å². The maximum absolute atomic E-state index is 11.8. The minimum atomic E-state index is -0.535. The molecule has 0 saturated heterocycles. The molecular formula is C19H20O5. The highest BCUT2D eigenvalue weighted by molar-refractivity contribution is 5.91. The third-order valence-corrected chi connectivity index (χ3v) is 3.64. The van der Waals surface area contributed by atoms with E-state index in [9.17, 15) is 9.59 Å². The van der Waals surface area contributed by atoms with Crippen LogP contribution in [0.15, 0.2) is 30.3 Å². The van der Waals surface area contributed by atoms with Crippen molar-refractivity contribution in [1.82, 2.24) is 0 Å². The lowest BCUT2D eigenvalue weighted by Gasteiger charge is -2.20. The molecule has 0 atom stereocenters. The van der Waals surface area contributed by atoms with E-state index < -0.39 is 11.6 Å². The predicted molar refractivity (Wildman–Crippen MR) is 89.2 cm³/mol. The third-order valence-electron chi connectivity index (χ3n) is 3.64. The van der Waals surface area contributed by atoms with Crippen molar-refractivity contribution >= 4 is 22.7 Å². The molecule has 0 fully saturated rings. The summed E-state index contributed by atoms with van der Waals surface area (Å²) in [4.78, 5) is 23.2. The Morgan fingerprint density at radius 2 is 1.92 bits per heavy atom. The molecule has 1 aliphatic heterocycles. The van der Waals surface area contributed by atoms with Gasteiger partial charge in [-0.05, 0) is 56.2 Å². The van der Waals surface area contributed by atoms with Gasteiger partial charge in [-0.15, -0.1) is 0 Å². The summed E-state index contributed by atoms with van der Waals surface area (Å²) < 4.78 is 16.1. The van der Waals surface area contributed by atoms with E-state index in [0.717, 1.165) is 16.3 Å². The smallest absolute Gasteiger partial charge is 0.344 e. The van der Waals surface area contributed by atoms with Crippen LogP contribution in [0.3, 0.4) is 0 Å². The van der Waals surface area contributed by atoms with Gasteiger partial charge in [0, 0.05) is 5.56 Å². The molecule has 0 N–H and O–H groups in total. The van der Waals surface area contributed by atoms with E-state index in [4.69, 9.17) is 14.2 Å². The second kappa shape index (κ2) is 6.15. The number of carbonyl (C=O) groups excluding carboxylic acids is 2. The Balaban J connectivity index is 1.80. The van der Waals surface area contributed by atoms with Gasteiger partial charge >= 0.3 is 11.9 Å². The van der Waals surface area contributed by atoms with E-state index in [-0.39, 0.29) is 12.6 Å². The van der Waals surface area contributed by atoms with Crippen LogP contribution in [0.4, 0.5) is 0 Å². The van der Waals surface area contributed by atoms with Crippen molar-refractivity contribution in [3.05, 3.63) is 35.9 Å². The number of aryl methyl sites for hydroxylation is 1. The summed E-state index contributed by atoms with van der Waals surface area (Å²) in [5, 5.41) is 2.01. The summed E-state index contributed by atoms with van der Waals surface area (Å²) >= 11 is 0. The molecule has 0 aromatic heterocycles. The van der Waals surface area contributed by atoms with E-state index in [1.54, 1.807) is 0 Å². The van der Waals surface area contributed by atoms with Crippen LogP contribution < -0.4 is 9.47 Å². The number of hydrogen-bond acceptors (Lipinski definition) is 5. The number of fused-ring (bicyclic) bond motifs is 3. The van der Waals surface area contributed by atoms with Crippen molar-refractivity contribution in [2.24, 2.45) is 0 Å². The third kappa shape index (κ3) is 3.67. The van der Waals surface area contributed by atoms with Crippen LogP contribution in [-0.4, -0.2) is 24.1 Å². The largest absolute Gasteiger partial charge is 0.482 e. The van der Waals surface area contributed by atoms with Gasteiger partial charge < -0.3 is 14.2 Å². The van der Waals surface area contributed by atoms with Crippen LogP contribution in [0.5, 0.6) is 11.5 Å². The highest BCUT2D eigenvalue weighted by Crippen LogP contribution is 2.34. The van der Waals surface area contributed by atoms with Crippen LogP contribution in [0.2, 0.25) is 0 Å². The lowest BCUT2D eigenvalue weighted by atomic mass is 9.98. The first-order chi connectivity index (χ1) is 11.3. The summed E-state index contributed by atoms with van der Waals surface area (Å²) in [5.74, 6) is 0.562. The molecule has 3 rings (SSSR count). The number of benzene rings is 2. The van der Waals surface area contributed by atoms with E-state index in [2.05, 4.69) is 0 Å². The van der Waals surface area contributed by atoms with Gasteiger partial charge in [0.1, 0.15) is 17.1 Å². The predicted octanol–water partition coefficient (Wildman–Crippen LogP) is 3.41. The molecule has 2 aromatic carbocycles. The normalized spacial score (nSPS) is 14.0. The van der Waals surface area contributed by atoms with Crippen molar-refractivity contribution in [2.75, 3.05) is 6.61 Å². The van der Waals surface area contributed by atoms with Crippen LogP contribution in [0, 0.1) is 0 Å². The molecule has 2 aromatic rings. The minimum Gasteiger partial charge on any atom is -0.482 e. The van der Waals surface area contributed by atoms with Gasteiger partial charge in [0.2, 0.25) is 0 Å². The minimum absolute atomic E-state index is 0.146. The fourth-order valence-electron chi connectivity index (χ4n) is 2.70. The summed E-state index contributed by atoms with van der Waals surface area (Å²) in [5.41, 5.74) is 0.460. The van der Waals surface area contributed by atoms with Crippen LogP contribution in [0.25, 0.3) is 10.8 Å². The van der Waals surface area contributed by atoms with Crippen LogP contribution in [0.1, 0.15) is 32.8 Å². The van der Waals surface area contributed by atoms with E-state index in [1.807, 2.05) is 51.1 Å². The highest BCUT2D eigenvalue weighted by atomic mass is 16.6. The Morgan fingerprint density at radius 3 is 2.67 bits per heavy atom. The first-order valence-electron chi connectivity index (χ1n) is 7.93. The molecule has 1 aliphatic rings. The molecule has 0 spiro atoms. The second-order valence-corrected chi connectivity index (χ2v) is 6.77. The Hall–Kier alpha value is -2.56. The maximum Gasteiger partial charge on any atom is 0.344 e. The summed E-state index contributed by atoms with van der Waals surface area (Å²) in [6.07, 6.45) is 1.01. The van der Waals surface area contributed by atoms with Gasteiger partial charge in [0.15, 0.2) is 6.61 Å². The summed E-state index contributed by atoms with van der Waals surface area (Å²) in [6, 6.07) is 9.34. The SMILES string of the molecule is CC(C)(C)OC(=O)COc1ccc2ccc3c(c2c1)CCC(=O)O3. The van der Waals surface area contributed by atoms with Gasteiger partial charge in [-0.25, -0.2) is 4.79 Å². The Labute approximate surface area is 140 Å².